The molecular weight excluding hydrogens is 386 g/mol. The molecule has 4 rings (SSSR count). The van der Waals surface area contributed by atoms with Gasteiger partial charge >= 0.3 is 0 Å². The number of rotatable bonds is 4. The van der Waals surface area contributed by atoms with Crippen molar-refractivity contribution in [2.75, 3.05) is 57.2 Å². The monoisotopic (exact) mass is 415 g/mol. The number of carbonyl (C=O) groups is 1. The van der Waals surface area contributed by atoms with Gasteiger partial charge in [-0.2, -0.15) is 0 Å². The fourth-order valence-electron chi connectivity index (χ4n) is 4.04. The number of likely N-dealkylation sites (tertiary alicyclic amines) is 1. The second-order valence-electron chi connectivity index (χ2n) is 7.79. The molecule has 7 nitrogen and oxygen atoms in total. The molecule has 0 saturated carbocycles. The Balaban J connectivity index is 1.58. The second kappa shape index (κ2) is 8.20. The van der Waals surface area contributed by atoms with Crippen LogP contribution in [0.2, 0.25) is 0 Å². The van der Waals surface area contributed by atoms with E-state index in [4.69, 9.17) is 4.74 Å². The molecule has 3 heterocycles. The number of anilines is 3. The molecule has 1 aromatic heterocycles. The van der Waals surface area contributed by atoms with Crippen LogP contribution in [0.15, 0.2) is 18.2 Å². The van der Waals surface area contributed by atoms with E-state index < -0.39 is 0 Å². The molecule has 2 aliphatic rings. The molecule has 1 saturated heterocycles. The predicted octanol–water partition coefficient (Wildman–Crippen LogP) is 2.87. The first-order valence-electron chi connectivity index (χ1n) is 10.1. The van der Waals surface area contributed by atoms with Gasteiger partial charge in [-0.25, -0.2) is 4.98 Å². The lowest BCUT2D eigenvalue weighted by atomic mass is 10.0. The highest BCUT2D eigenvalue weighted by Gasteiger charge is 2.26. The molecule has 0 atom stereocenters. The number of nitrogens with zero attached hydrogens (tertiary/aromatic N) is 4. The molecule has 1 N–H and O–H groups in total. The SMILES string of the molecule is CNC(=O)c1sc(N2CCOc3cc(N(C)C4CCN(C)CC4)ccc32)nc1C. The van der Waals surface area contributed by atoms with Crippen LogP contribution in [0.25, 0.3) is 0 Å². The molecule has 2 aromatic rings. The van der Waals surface area contributed by atoms with Gasteiger partial charge in [-0.1, -0.05) is 11.3 Å². The van der Waals surface area contributed by atoms with Gasteiger partial charge in [-0.05, 0) is 52.0 Å². The van der Waals surface area contributed by atoms with Crippen molar-refractivity contribution in [3.05, 3.63) is 28.8 Å². The summed E-state index contributed by atoms with van der Waals surface area (Å²) < 4.78 is 6.00. The molecule has 0 bridgehead atoms. The number of aryl methyl sites for hydroxylation is 1. The number of hydrogen-bond acceptors (Lipinski definition) is 7. The first-order valence-corrected chi connectivity index (χ1v) is 10.9. The maximum absolute atomic E-state index is 12.1. The van der Waals surface area contributed by atoms with Crippen LogP contribution in [0.1, 0.15) is 28.2 Å². The zero-order valence-electron chi connectivity index (χ0n) is 17.6. The first kappa shape index (κ1) is 20.0. The molecule has 1 amide bonds. The smallest absolute Gasteiger partial charge is 0.263 e. The number of thiazole rings is 1. The van der Waals surface area contributed by atoms with Gasteiger partial charge in [0.1, 0.15) is 17.2 Å². The summed E-state index contributed by atoms with van der Waals surface area (Å²) in [7, 11) is 6.01. The van der Waals surface area contributed by atoms with E-state index in [1.54, 1.807) is 7.05 Å². The van der Waals surface area contributed by atoms with Crippen molar-refractivity contribution in [2.45, 2.75) is 25.8 Å². The van der Waals surface area contributed by atoms with Crippen molar-refractivity contribution < 1.29 is 9.53 Å². The zero-order valence-corrected chi connectivity index (χ0v) is 18.4. The topological polar surface area (TPSA) is 60.9 Å². The average Bonchev–Trinajstić information content (AvgIpc) is 3.13. The van der Waals surface area contributed by atoms with Crippen LogP contribution in [0, 0.1) is 6.92 Å². The summed E-state index contributed by atoms with van der Waals surface area (Å²) >= 11 is 1.43. The summed E-state index contributed by atoms with van der Waals surface area (Å²) in [4.78, 5) is 24.3. The Hall–Kier alpha value is -2.32. The quantitative estimate of drug-likeness (QED) is 0.829. The Kier molecular flexibility index (Phi) is 5.65. The third-order valence-electron chi connectivity index (χ3n) is 5.90. The molecule has 29 heavy (non-hydrogen) atoms. The Bertz CT molecular complexity index is 891. The summed E-state index contributed by atoms with van der Waals surface area (Å²) in [5.41, 5.74) is 2.95. The van der Waals surface area contributed by atoms with Gasteiger partial charge < -0.3 is 24.8 Å². The number of ether oxygens (including phenoxy) is 1. The molecular formula is C21H29N5O2S. The van der Waals surface area contributed by atoms with Gasteiger partial charge in [0.2, 0.25) is 0 Å². The molecule has 0 unspecified atom stereocenters. The van der Waals surface area contributed by atoms with Crippen LogP contribution in [0.5, 0.6) is 5.75 Å². The van der Waals surface area contributed by atoms with Crippen molar-refractivity contribution in [3.8, 4) is 5.75 Å². The zero-order chi connectivity index (χ0) is 20.5. The van der Waals surface area contributed by atoms with Gasteiger partial charge in [-0.15, -0.1) is 0 Å². The number of amides is 1. The van der Waals surface area contributed by atoms with Crippen LogP contribution in [0.4, 0.5) is 16.5 Å². The van der Waals surface area contributed by atoms with Gasteiger partial charge in [0.15, 0.2) is 5.13 Å². The lowest BCUT2D eigenvalue weighted by Gasteiger charge is -2.37. The van der Waals surface area contributed by atoms with Gasteiger partial charge in [0, 0.05) is 31.9 Å². The van der Waals surface area contributed by atoms with Gasteiger partial charge in [0.05, 0.1) is 17.9 Å². The number of carbonyl (C=O) groups excluding carboxylic acids is 1. The van der Waals surface area contributed by atoms with Crippen molar-refractivity contribution in [1.29, 1.82) is 0 Å². The molecule has 156 valence electrons. The van der Waals surface area contributed by atoms with E-state index in [0.717, 1.165) is 41.9 Å². The number of hydrogen-bond donors (Lipinski definition) is 1. The lowest BCUT2D eigenvalue weighted by molar-refractivity contribution is 0.0966. The van der Waals surface area contributed by atoms with E-state index in [1.165, 1.54) is 29.9 Å². The minimum Gasteiger partial charge on any atom is -0.489 e. The highest BCUT2D eigenvalue weighted by Crippen LogP contribution is 2.41. The maximum Gasteiger partial charge on any atom is 0.263 e. The van der Waals surface area contributed by atoms with Crippen molar-refractivity contribution >= 4 is 33.8 Å². The number of aromatic nitrogens is 1. The maximum atomic E-state index is 12.1. The Morgan fingerprint density at radius 3 is 2.79 bits per heavy atom. The molecule has 0 spiro atoms. The predicted molar refractivity (Wildman–Crippen MR) is 118 cm³/mol. The first-order chi connectivity index (χ1) is 14.0. The average molecular weight is 416 g/mol. The Morgan fingerprint density at radius 2 is 2.07 bits per heavy atom. The van der Waals surface area contributed by atoms with E-state index in [2.05, 4.69) is 57.3 Å². The largest absolute Gasteiger partial charge is 0.489 e. The van der Waals surface area contributed by atoms with Crippen molar-refractivity contribution in [3.63, 3.8) is 0 Å². The molecule has 0 radical (unpaired) electrons. The van der Waals surface area contributed by atoms with Crippen LogP contribution in [0.3, 0.4) is 0 Å². The standard InChI is InChI=1S/C21H29N5O2S/c1-14-19(20(27)22-2)29-21(23-14)26-11-12-28-18-13-16(5-6-17(18)26)25(4)15-7-9-24(3)10-8-15/h5-6,13,15H,7-12H2,1-4H3,(H,22,27). The number of benzene rings is 1. The van der Waals surface area contributed by atoms with Crippen LogP contribution in [-0.2, 0) is 0 Å². The summed E-state index contributed by atoms with van der Waals surface area (Å²) in [5.74, 6) is 0.790. The fraction of sp³-hybridized carbons (Fsp3) is 0.524. The number of piperidine rings is 1. The summed E-state index contributed by atoms with van der Waals surface area (Å²) in [5, 5.41) is 3.53. The van der Waals surface area contributed by atoms with Crippen LogP contribution in [-0.4, -0.2) is 69.2 Å². The van der Waals surface area contributed by atoms with Crippen molar-refractivity contribution in [1.82, 2.24) is 15.2 Å². The molecule has 0 aliphatic carbocycles. The summed E-state index contributed by atoms with van der Waals surface area (Å²) in [6.45, 7) is 5.48. The summed E-state index contributed by atoms with van der Waals surface area (Å²) in [6.07, 6.45) is 2.36. The highest BCUT2D eigenvalue weighted by molar-refractivity contribution is 7.17. The van der Waals surface area contributed by atoms with Gasteiger partial charge in [0.25, 0.3) is 5.91 Å². The van der Waals surface area contributed by atoms with E-state index in [-0.39, 0.29) is 5.91 Å². The van der Waals surface area contributed by atoms with Crippen LogP contribution < -0.4 is 19.9 Å². The van der Waals surface area contributed by atoms with E-state index >= 15 is 0 Å². The Labute approximate surface area is 176 Å². The van der Waals surface area contributed by atoms with Crippen molar-refractivity contribution in [2.24, 2.45) is 0 Å². The van der Waals surface area contributed by atoms with Crippen LogP contribution >= 0.6 is 11.3 Å². The number of fused-ring (bicyclic) bond motifs is 1. The minimum atomic E-state index is -0.0881. The van der Waals surface area contributed by atoms with Gasteiger partial charge in [-0.3, -0.25) is 4.79 Å². The molecule has 1 aromatic carbocycles. The fourth-order valence-corrected chi connectivity index (χ4v) is 5.09. The van der Waals surface area contributed by atoms with E-state index in [1.807, 2.05) is 6.92 Å². The third-order valence-corrected chi connectivity index (χ3v) is 7.08. The lowest BCUT2D eigenvalue weighted by Crippen LogP contribution is -2.42. The molecule has 8 heteroatoms. The second-order valence-corrected chi connectivity index (χ2v) is 8.77. The third kappa shape index (κ3) is 3.91. The van der Waals surface area contributed by atoms with E-state index in [0.29, 0.717) is 17.5 Å². The summed E-state index contributed by atoms with van der Waals surface area (Å²) in [6, 6.07) is 6.98. The van der Waals surface area contributed by atoms with E-state index in [9.17, 15) is 4.79 Å². The normalized spacial score (nSPS) is 17.6. The minimum absolute atomic E-state index is 0.0881. The Morgan fingerprint density at radius 1 is 1.31 bits per heavy atom. The number of nitrogens with one attached hydrogen (secondary N) is 1. The molecule has 2 aliphatic heterocycles. The highest BCUT2D eigenvalue weighted by atomic mass is 32.1. The molecule has 1 fully saturated rings.